The van der Waals surface area contributed by atoms with E-state index < -0.39 is 17.6 Å². The highest BCUT2D eigenvalue weighted by molar-refractivity contribution is 6.24. The maximum Gasteiger partial charge on any atom is 0.329 e. The first-order chi connectivity index (χ1) is 10.3. The summed E-state index contributed by atoms with van der Waals surface area (Å²) in [4.78, 5) is 23.5. The molecular weight excluding hydrogens is 306 g/mol. The number of halogens is 1. The maximum absolute atomic E-state index is 12.3. The molecule has 4 rings (SSSR count). The van der Waals surface area contributed by atoms with Crippen molar-refractivity contribution >= 4 is 23.5 Å². The van der Waals surface area contributed by atoms with Gasteiger partial charge in [-0.15, -0.1) is 11.6 Å². The molecule has 0 saturated heterocycles. The predicted molar refractivity (Wildman–Crippen MR) is 81.3 cm³/mol. The topological polar surface area (TPSA) is 75.6 Å². The Kier molecular flexibility index (Phi) is 3.92. The lowest BCUT2D eigenvalue weighted by atomic mass is 9.48. The van der Waals surface area contributed by atoms with Gasteiger partial charge in [-0.2, -0.15) is 0 Å². The molecule has 1 amide bonds. The molecule has 4 aliphatic carbocycles. The van der Waals surface area contributed by atoms with Crippen molar-refractivity contribution in [3.63, 3.8) is 0 Å². The number of carbonyl (C=O) groups is 2. The molecule has 0 aliphatic heterocycles. The molecule has 4 saturated carbocycles. The monoisotopic (exact) mass is 329 g/mol. The lowest BCUT2D eigenvalue weighted by molar-refractivity contribution is -0.186. The first-order valence-electron chi connectivity index (χ1n) is 8.11. The van der Waals surface area contributed by atoms with Gasteiger partial charge in [0.25, 0.3) is 0 Å². The van der Waals surface area contributed by atoms with E-state index in [2.05, 4.69) is 5.32 Å². The number of carbonyl (C=O) groups excluding carboxylic acids is 2. The molecular formula is C16H24ClNO4. The van der Waals surface area contributed by atoms with Gasteiger partial charge in [-0.3, -0.25) is 4.79 Å². The molecule has 2 N–H and O–H groups in total. The molecule has 6 atom stereocenters. The number of ether oxygens (including phenoxy) is 1. The summed E-state index contributed by atoms with van der Waals surface area (Å²) in [7, 11) is 0. The summed E-state index contributed by atoms with van der Waals surface area (Å²) in [6, 6.07) is -0.785. The van der Waals surface area contributed by atoms with Gasteiger partial charge in [0.2, 0.25) is 5.91 Å². The van der Waals surface area contributed by atoms with Gasteiger partial charge in [-0.05, 0) is 50.9 Å². The molecule has 0 aromatic rings. The Morgan fingerprint density at radius 1 is 1.41 bits per heavy atom. The van der Waals surface area contributed by atoms with Gasteiger partial charge in [0.1, 0.15) is 6.04 Å². The molecule has 0 radical (unpaired) electrons. The normalized spacial score (nSPS) is 43.7. The molecule has 4 aliphatic rings. The van der Waals surface area contributed by atoms with Crippen molar-refractivity contribution in [2.75, 3.05) is 6.61 Å². The van der Waals surface area contributed by atoms with E-state index in [1.165, 1.54) is 6.92 Å². The molecule has 1 unspecified atom stereocenters. The summed E-state index contributed by atoms with van der Waals surface area (Å²) in [6.07, 6.45) is 3.88. The van der Waals surface area contributed by atoms with E-state index in [1.807, 2.05) is 0 Å². The van der Waals surface area contributed by atoms with Gasteiger partial charge in [0, 0.05) is 17.7 Å². The number of nitrogens with one attached hydrogen (secondary N) is 1. The molecule has 4 fully saturated rings. The Morgan fingerprint density at radius 2 is 2.14 bits per heavy atom. The molecule has 4 bridgehead atoms. The highest BCUT2D eigenvalue weighted by Gasteiger charge is 2.64. The summed E-state index contributed by atoms with van der Waals surface area (Å²) in [6.45, 7) is 3.38. The first kappa shape index (κ1) is 16.1. The molecule has 6 heteroatoms. The highest BCUT2D eigenvalue weighted by atomic mass is 35.5. The largest absolute Gasteiger partial charge is 0.464 e. The second-order valence-electron chi connectivity index (χ2n) is 7.36. The lowest BCUT2D eigenvalue weighted by Gasteiger charge is -2.62. The standard InChI is InChI=1S/C16H24ClNO4/c1-3-22-14(20)13(18-9(2)19)12-11-4-10-5-15(17,7-11)8-16(12,21)6-10/h10-13,21H,3-8H2,1-2H3,(H,18,19)/t10-,11+,12-,13?,15+,16+/m0/s1. The van der Waals surface area contributed by atoms with Gasteiger partial charge >= 0.3 is 5.97 Å². The van der Waals surface area contributed by atoms with Crippen LogP contribution in [-0.2, 0) is 14.3 Å². The minimum atomic E-state index is -0.980. The van der Waals surface area contributed by atoms with Crippen molar-refractivity contribution in [3.05, 3.63) is 0 Å². The van der Waals surface area contributed by atoms with Crippen LogP contribution >= 0.6 is 11.6 Å². The molecule has 22 heavy (non-hydrogen) atoms. The van der Waals surface area contributed by atoms with E-state index in [9.17, 15) is 14.7 Å². The SMILES string of the molecule is CCOC(=O)C(NC(C)=O)[C@@H]1[C@@H]2C[C@H]3C[C@@](Cl)(C2)C[C@]1(O)C3. The van der Waals surface area contributed by atoms with Crippen LogP contribution in [0.15, 0.2) is 0 Å². The Labute approximate surface area is 135 Å². The van der Waals surface area contributed by atoms with E-state index in [0.29, 0.717) is 18.8 Å². The van der Waals surface area contributed by atoms with Crippen LogP contribution in [0, 0.1) is 17.8 Å². The van der Waals surface area contributed by atoms with Crippen molar-refractivity contribution in [1.29, 1.82) is 0 Å². The van der Waals surface area contributed by atoms with Gasteiger partial charge in [-0.25, -0.2) is 4.79 Å². The zero-order chi connectivity index (χ0) is 16.1. The van der Waals surface area contributed by atoms with Crippen molar-refractivity contribution in [2.24, 2.45) is 17.8 Å². The number of rotatable bonds is 4. The summed E-state index contributed by atoms with van der Waals surface area (Å²) in [5.41, 5.74) is -0.980. The highest BCUT2D eigenvalue weighted by Crippen LogP contribution is 2.63. The van der Waals surface area contributed by atoms with Crippen LogP contribution in [0.2, 0.25) is 0 Å². The Bertz CT molecular complexity index is 499. The summed E-state index contributed by atoms with van der Waals surface area (Å²) in [5, 5.41) is 13.9. The predicted octanol–water partition coefficient (Wildman–Crippen LogP) is 1.60. The number of hydrogen-bond acceptors (Lipinski definition) is 4. The van der Waals surface area contributed by atoms with Crippen molar-refractivity contribution < 1.29 is 19.4 Å². The fourth-order valence-corrected chi connectivity index (χ4v) is 6.03. The lowest BCUT2D eigenvalue weighted by Crippen LogP contribution is -2.68. The average Bonchev–Trinajstić information content (AvgIpc) is 2.33. The zero-order valence-corrected chi connectivity index (χ0v) is 13.9. The number of hydrogen-bond donors (Lipinski definition) is 2. The molecule has 0 aromatic heterocycles. The van der Waals surface area contributed by atoms with Crippen LogP contribution in [0.1, 0.15) is 46.0 Å². The Balaban J connectivity index is 1.90. The van der Waals surface area contributed by atoms with E-state index in [1.54, 1.807) is 6.92 Å². The number of amides is 1. The number of esters is 1. The van der Waals surface area contributed by atoms with Crippen LogP contribution < -0.4 is 5.32 Å². The van der Waals surface area contributed by atoms with Crippen LogP contribution in [0.4, 0.5) is 0 Å². The van der Waals surface area contributed by atoms with Crippen LogP contribution in [-0.4, -0.2) is 40.1 Å². The van der Waals surface area contributed by atoms with Crippen molar-refractivity contribution in [3.8, 4) is 0 Å². The van der Waals surface area contributed by atoms with E-state index in [4.69, 9.17) is 16.3 Å². The van der Waals surface area contributed by atoms with Crippen LogP contribution in [0.3, 0.4) is 0 Å². The molecule has 0 aromatic carbocycles. The summed E-state index contributed by atoms with van der Waals surface area (Å²) < 4.78 is 5.13. The van der Waals surface area contributed by atoms with Crippen LogP contribution in [0.25, 0.3) is 0 Å². The van der Waals surface area contributed by atoms with Crippen molar-refractivity contribution in [2.45, 2.75) is 62.5 Å². The first-order valence-corrected chi connectivity index (χ1v) is 8.49. The van der Waals surface area contributed by atoms with E-state index >= 15 is 0 Å². The Morgan fingerprint density at radius 3 is 2.68 bits per heavy atom. The second kappa shape index (κ2) is 5.38. The van der Waals surface area contributed by atoms with Crippen LogP contribution in [0.5, 0.6) is 0 Å². The minimum absolute atomic E-state index is 0.157. The zero-order valence-electron chi connectivity index (χ0n) is 13.1. The van der Waals surface area contributed by atoms with Gasteiger partial charge in [0.15, 0.2) is 0 Å². The van der Waals surface area contributed by atoms with Gasteiger partial charge in [-0.1, -0.05) is 0 Å². The number of aliphatic hydroxyl groups is 1. The summed E-state index contributed by atoms with van der Waals surface area (Å²) >= 11 is 6.67. The van der Waals surface area contributed by atoms with E-state index in [-0.39, 0.29) is 29.2 Å². The molecule has 5 nitrogen and oxygen atoms in total. The third-order valence-corrected chi connectivity index (χ3v) is 6.01. The molecule has 124 valence electrons. The van der Waals surface area contributed by atoms with E-state index in [0.717, 1.165) is 19.3 Å². The summed E-state index contributed by atoms with van der Waals surface area (Å²) in [5.74, 6) is -0.460. The maximum atomic E-state index is 12.3. The second-order valence-corrected chi connectivity index (χ2v) is 8.16. The molecule has 0 spiro atoms. The quantitative estimate of drug-likeness (QED) is 0.607. The average molecular weight is 330 g/mol. The minimum Gasteiger partial charge on any atom is -0.464 e. The smallest absolute Gasteiger partial charge is 0.329 e. The molecule has 0 heterocycles. The number of alkyl halides is 1. The van der Waals surface area contributed by atoms with Crippen molar-refractivity contribution in [1.82, 2.24) is 5.32 Å². The third-order valence-electron chi connectivity index (χ3n) is 5.57. The third kappa shape index (κ3) is 2.62. The fraction of sp³-hybridized carbons (Fsp3) is 0.875. The van der Waals surface area contributed by atoms with Gasteiger partial charge in [0.05, 0.1) is 12.2 Å². The fourth-order valence-electron chi connectivity index (χ4n) is 5.38. The van der Waals surface area contributed by atoms with Gasteiger partial charge < -0.3 is 15.2 Å². The Hall–Kier alpha value is -0.810.